The van der Waals surface area contributed by atoms with Gasteiger partial charge in [-0.05, 0) is 71.9 Å². The molecule has 2 aliphatic rings. The van der Waals surface area contributed by atoms with Crippen molar-refractivity contribution < 1.29 is 4.74 Å². The maximum Gasteiger partial charge on any atom is 0.271 e. The second kappa shape index (κ2) is 8.77. The topological polar surface area (TPSA) is 43.6 Å². The SMILES string of the molecule is COc1ccc([C@@H]2C3=C(N=c4s/c(=C\c5ccc(C)c(Br)c5)c(=O)n42)c2ccccc2CC3)cc1. The average Bonchev–Trinajstić information content (AvgIpc) is 3.19. The number of hydrogen-bond acceptors (Lipinski definition) is 4. The molecule has 1 aromatic heterocycles. The minimum Gasteiger partial charge on any atom is -0.497 e. The molecule has 2 heterocycles. The summed E-state index contributed by atoms with van der Waals surface area (Å²) in [5.74, 6) is 0.800. The van der Waals surface area contributed by atoms with Gasteiger partial charge in [0.1, 0.15) is 5.75 Å². The minimum absolute atomic E-state index is 0.00308. The van der Waals surface area contributed by atoms with E-state index in [0.29, 0.717) is 4.53 Å². The van der Waals surface area contributed by atoms with Crippen LogP contribution in [-0.4, -0.2) is 11.7 Å². The number of nitrogens with zero attached hydrogens (tertiary/aromatic N) is 2. The Balaban J connectivity index is 1.60. The molecule has 6 heteroatoms. The van der Waals surface area contributed by atoms with E-state index in [2.05, 4.69) is 71.4 Å². The molecular formula is C29H23BrN2O2S. The molecule has 4 nitrogen and oxygen atoms in total. The highest BCUT2D eigenvalue weighted by Crippen LogP contribution is 2.41. The molecule has 1 aliphatic carbocycles. The Bertz CT molecular complexity index is 1680. The van der Waals surface area contributed by atoms with E-state index in [4.69, 9.17) is 9.73 Å². The van der Waals surface area contributed by atoms with Crippen LogP contribution in [0.3, 0.4) is 0 Å². The number of aromatic nitrogens is 1. The highest BCUT2D eigenvalue weighted by Gasteiger charge is 2.32. The van der Waals surface area contributed by atoms with Crippen molar-refractivity contribution in [1.82, 2.24) is 4.57 Å². The van der Waals surface area contributed by atoms with Crippen LogP contribution in [0.15, 0.2) is 86.6 Å². The highest BCUT2D eigenvalue weighted by atomic mass is 79.9. The lowest BCUT2D eigenvalue weighted by Gasteiger charge is -2.30. The summed E-state index contributed by atoms with van der Waals surface area (Å²) in [6.45, 7) is 2.05. The third-order valence-electron chi connectivity index (χ3n) is 6.80. The predicted octanol–water partition coefficient (Wildman–Crippen LogP) is 5.40. The monoisotopic (exact) mass is 542 g/mol. The Morgan fingerprint density at radius 3 is 2.66 bits per heavy atom. The lowest BCUT2D eigenvalue weighted by molar-refractivity contribution is 0.414. The Kier molecular flexibility index (Phi) is 5.58. The number of ether oxygens (including phenoxy) is 1. The predicted molar refractivity (Wildman–Crippen MR) is 145 cm³/mol. The van der Waals surface area contributed by atoms with E-state index in [1.807, 2.05) is 28.8 Å². The van der Waals surface area contributed by atoms with Crippen molar-refractivity contribution in [1.29, 1.82) is 0 Å². The zero-order chi connectivity index (χ0) is 24.1. The molecule has 3 aromatic carbocycles. The molecule has 0 fully saturated rings. The fourth-order valence-electron chi connectivity index (χ4n) is 4.96. The van der Waals surface area contributed by atoms with Crippen molar-refractivity contribution in [3.05, 3.63) is 124 Å². The summed E-state index contributed by atoms with van der Waals surface area (Å²) in [6.07, 6.45) is 3.79. The van der Waals surface area contributed by atoms with Gasteiger partial charge in [-0.3, -0.25) is 9.36 Å². The number of methoxy groups -OCH3 is 1. The molecule has 6 rings (SSSR count). The van der Waals surface area contributed by atoms with Crippen molar-refractivity contribution in [2.45, 2.75) is 25.8 Å². The number of aryl methyl sites for hydroxylation is 2. The number of hydrogen-bond donors (Lipinski definition) is 0. The zero-order valence-electron chi connectivity index (χ0n) is 19.4. The average molecular weight is 543 g/mol. The molecule has 0 amide bonds. The molecule has 0 saturated carbocycles. The number of rotatable bonds is 3. The summed E-state index contributed by atoms with van der Waals surface area (Å²) in [6, 6.07) is 22.5. The minimum atomic E-state index is -0.188. The van der Waals surface area contributed by atoms with Gasteiger partial charge in [-0.15, -0.1) is 0 Å². The third-order valence-corrected chi connectivity index (χ3v) is 8.64. The molecule has 1 atom stereocenters. The first-order chi connectivity index (χ1) is 17.0. The second-order valence-corrected chi connectivity index (χ2v) is 10.8. The summed E-state index contributed by atoms with van der Waals surface area (Å²) >= 11 is 5.07. The van der Waals surface area contributed by atoms with Crippen LogP contribution in [0.4, 0.5) is 0 Å². The largest absolute Gasteiger partial charge is 0.497 e. The molecule has 4 aromatic rings. The van der Waals surface area contributed by atoms with Gasteiger partial charge in [0.25, 0.3) is 5.56 Å². The maximum absolute atomic E-state index is 13.8. The molecule has 174 valence electrons. The molecule has 0 saturated heterocycles. The Morgan fingerprint density at radius 1 is 1.09 bits per heavy atom. The van der Waals surface area contributed by atoms with Crippen LogP contribution in [0.2, 0.25) is 0 Å². The summed E-state index contributed by atoms with van der Waals surface area (Å²) < 4.78 is 8.98. The first-order valence-corrected chi connectivity index (χ1v) is 13.2. The summed E-state index contributed by atoms with van der Waals surface area (Å²) in [4.78, 5) is 19.6. The second-order valence-electron chi connectivity index (χ2n) is 8.90. The van der Waals surface area contributed by atoms with Crippen LogP contribution in [0, 0.1) is 6.92 Å². The van der Waals surface area contributed by atoms with Crippen LogP contribution in [0.5, 0.6) is 5.75 Å². The lowest BCUT2D eigenvalue weighted by atomic mass is 9.83. The van der Waals surface area contributed by atoms with Crippen molar-refractivity contribution in [2.75, 3.05) is 7.11 Å². The molecule has 0 radical (unpaired) electrons. The van der Waals surface area contributed by atoms with Gasteiger partial charge in [-0.1, -0.05) is 75.8 Å². The van der Waals surface area contributed by atoms with Crippen molar-refractivity contribution >= 4 is 39.0 Å². The van der Waals surface area contributed by atoms with Gasteiger partial charge in [-0.2, -0.15) is 0 Å². The van der Waals surface area contributed by atoms with Crippen LogP contribution in [0.25, 0.3) is 11.8 Å². The third kappa shape index (κ3) is 3.81. The van der Waals surface area contributed by atoms with Crippen molar-refractivity contribution in [2.24, 2.45) is 4.99 Å². The summed E-state index contributed by atoms with van der Waals surface area (Å²) in [7, 11) is 1.67. The quantitative estimate of drug-likeness (QED) is 0.348. The number of fused-ring (bicyclic) bond motifs is 3. The van der Waals surface area contributed by atoms with Crippen LogP contribution >= 0.6 is 27.3 Å². The van der Waals surface area contributed by atoms with E-state index < -0.39 is 0 Å². The number of halogens is 1. The van der Waals surface area contributed by atoms with Crippen LogP contribution in [-0.2, 0) is 6.42 Å². The zero-order valence-corrected chi connectivity index (χ0v) is 21.8. The van der Waals surface area contributed by atoms with E-state index in [1.165, 1.54) is 28.0 Å². The summed E-state index contributed by atoms with van der Waals surface area (Å²) in [5, 5.41) is 0. The fraction of sp³-hybridized carbons (Fsp3) is 0.172. The van der Waals surface area contributed by atoms with E-state index in [-0.39, 0.29) is 11.6 Å². The molecular weight excluding hydrogens is 520 g/mol. The first-order valence-electron chi connectivity index (χ1n) is 11.6. The van der Waals surface area contributed by atoms with E-state index in [1.54, 1.807) is 7.11 Å². The number of benzene rings is 3. The lowest BCUT2D eigenvalue weighted by Crippen LogP contribution is -2.38. The van der Waals surface area contributed by atoms with Gasteiger partial charge in [0.05, 0.1) is 23.4 Å². The Morgan fingerprint density at radius 2 is 1.89 bits per heavy atom. The van der Waals surface area contributed by atoms with Crippen molar-refractivity contribution in [3.63, 3.8) is 0 Å². The fourth-order valence-corrected chi connectivity index (χ4v) is 6.36. The van der Waals surface area contributed by atoms with Gasteiger partial charge >= 0.3 is 0 Å². The van der Waals surface area contributed by atoms with Gasteiger partial charge in [0, 0.05) is 10.0 Å². The molecule has 0 unspecified atom stereocenters. The summed E-state index contributed by atoms with van der Waals surface area (Å²) in [5.41, 5.74) is 7.91. The Hall–Kier alpha value is -3.22. The first kappa shape index (κ1) is 22.3. The molecule has 0 N–H and O–H groups in total. The van der Waals surface area contributed by atoms with E-state index in [9.17, 15) is 4.79 Å². The Labute approximate surface area is 215 Å². The number of allylic oxidation sites excluding steroid dienone is 1. The van der Waals surface area contributed by atoms with E-state index in [0.717, 1.165) is 50.3 Å². The normalized spacial score (nSPS) is 16.9. The molecule has 0 bridgehead atoms. The van der Waals surface area contributed by atoms with Gasteiger partial charge in [0.15, 0.2) is 4.80 Å². The molecule has 35 heavy (non-hydrogen) atoms. The molecule has 0 spiro atoms. The van der Waals surface area contributed by atoms with Crippen LogP contribution in [0.1, 0.15) is 40.3 Å². The maximum atomic E-state index is 13.8. The highest BCUT2D eigenvalue weighted by molar-refractivity contribution is 9.10. The van der Waals surface area contributed by atoms with Gasteiger partial charge in [-0.25, -0.2) is 4.99 Å². The van der Waals surface area contributed by atoms with Gasteiger partial charge in [0.2, 0.25) is 0 Å². The van der Waals surface area contributed by atoms with E-state index >= 15 is 0 Å². The van der Waals surface area contributed by atoms with Crippen molar-refractivity contribution in [3.8, 4) is 5.75 Å². The van der Waals surface area contributed by atoms with Crippen LogP contribution < -0.4 is 19.6 Å². The van der Waals surface area contributed by atoms with Gasteiger partial charge < -0.3 is 4.74 Å². The number of thiazole rings is 1. The standard InChI is InChI=1S/C29H23BrN2O2S/c1-17-7-8-18(15-24(17)30)16-25-28(33)32-27(20-9-12-21(34-2)13-10-20)23-14-11-19-5-3-4-6-22(19)26(23)31-29(32)35-25/h3-10,12-13,15-16,27H,11,14H2,1-2H3/b25-16-/t27-/m1/s1. The molecule has 1 aliphatic heterocycles. The smallest absolute Gasteiger partial charge is 0.271 e.